The highest BCUT2D eigenvalue weighted by molar-refractivity contribution is 6.35. The summed E-state index contributed by atoms with van der Waals surface area (Å²) >= 11 is 12.1. The van der Waals surface area contributed by atoms with Crippen molar-refractivity contribution >= 4 is 23.2 Å². The van der Waals surface area contributed by atoms with Gasteiger partial charge in [0.2, 0.25) is 0 Å². The quantitative estimate of drug-likeness (QED) is 0.911. The van der Waals surface area contributed by atoms with Crippen LogP contribution < -0.4 is 5.73 Å². The molecule has 5 heteroatoms. The van der Waals surface area contributed by atoms with Gasteiger partial charge in [-0.15, -0.1) is 0 Å². The van der Waals surface area contributed by atoms with Gasteiger partial charge in [-0.05, 0) is 39.0 Å². The van der Waals surface area contributed by atoms with E-state index in [0.29, 0.717) is 10.0 Å². The average Bonchev–Trinajstić information content (AvgIpc) is 2.54. The van der Waals surface area contributed by atoms with Crippen molar-refractivity contribution in [2.45, 2.75) is 26.8 Å². The summed E-state index contributed by atoms with van der Waals surface area (Å²) in [6.45, 7) is 5.89. The summed E-state index contributed by atoms with van der Waals surface area (Å²) in [7, 11) is 0. The Balaban J connectivity index is 2.62. The Morgan fingerprint density at radius 2 is 1.94 bits per heavy atom. The summed E-state index contributed by atoms with van der Waals surface area (Å²) in [6, 6.07) is 5.31. The molecule has 1 atom stereocenters. The van der Waals surface area contributed by atoms with Crippen LogP contribution in [0.3, 0.4) is 0 Å². The van der Waals surface area contributed by atoms with E-state index in [1.807, 2.05) is 31.5 Å². The summed E-state index contributed by atoms with van der Waals surface area (Å²) < 4.78 is 1.81. The topological polar surface area (TPSA) is 43.8 Å². The van der Waals surface area contributed by atoms with Crippen LogP contribution in [0.4, 0.5) is 0 Å². The first-order chi connectivity index (χ1) is 8.41. The monoisotopic (exact) mass is 283 g/mol. The number of aryl methyl sites for hydroxylation is 1. The van der Waals surface area contributed by atoms with Crippen LogP contribution in [-0.2, 0) is 0 Å². The van der Waals surface area contributed by atoms with E-state index >= 15 is 0 Å². The van der Waals surface area contributed by atoms with E-state index in [4.69, 9.17) is 28.9 Å². The van der Waals surface area contributed by atoms with Crippen LogP contribution in [0.5, 0.6) is 0 Å². The molecule has 0 aliphatic carbocycles. The van der Waals surface area contributed by atoms with E-state index in [2.05, 4.69) is 5.10 Å². The number of nitrogens with zero attached hydrogens (tertiary/aromatic N) is 2. The third-order valence-electron chi connectivity index (χ3n) is 2.94. The van der Waals surface area contributed by atoms with E-state index in [1.165, 1.54) is 0 Å². The lowest BCUT2D eigenvalue weighted by Crippen LogP contribution is -2.08. The fourth-order valence-corrected chi connectivity index (χ4v) is 2.69. The molecule has 1 aromatic heterocycles. The van der Waals surface area contributed by atoms with Crippen LogP contribution in [0.15, 0.2) is 18.2 Å². The maximum Gasteiger partial charge on any atom is 0.0836 e. The normalized spacial score (nSPS) is 12.8. The van der Waals surface area contributed by atoms with Crippen molar-refractivity contribution in [3.05, 3.63) is 45.2 Å². The van der Waals surface area contributed by atoms with Gasteiger partial charge >= 0.3 is 0 Å². The van der Waals surface area contributed by atoms with Crippen molar-refractivity contribution in [2.24, 2.45) is 5.73 Å². The Labute approximate surface area is 117 Å². The molecule has 0 amide bonds. The van der Waals surface area contributed by atoms with E-state index in [1.54, 1.807) is 12.1 Å². The van der Waals surface area contributed by atoms with Crippen molar-refractivity contribution in [3.63, 3.8) is 0 Å². The molecule has 0 bridgehead atoms. The second-order valence-corrected chi connectivity index (χ2v) is 5.22. The zero-order valence-corrected chi connectivity index (χ0v) is 12.0. The predicted molar refractivity (Wildman–Crippen MR) is 75.7 cm³/mol. The molecule has 1 unspecified atom stereocenters. The molecule has 2 rings (SSSR count). The molecule has 96 valence electrons. The molecule has 0 saturated heterocycles. The molecule has 1 heterocycles. The van der Waals surface area contributed by atoms with Gasteiger partial charge in [0.25, 0.3) is 0 Å². The highest BCUT2D eigenvalue weighted by atomic mass is 35.5. The second kappa shape index (κ2) is 4.92. The van der Waals surface area contributed by atoms with Crippen molar-refractivity contribution in [1.82, 2.24) is 9.78 Å². The molecular formula is C13H15Cl2N3. The van der Waals surface area contributed by atoms with Gasteiger partial charge in [0, 0.05) is 22.3 Å². The molecule has 0 radical (unpaired) electrons. The minimum atomic E-state index is -0.0511. The number of benzene rings is 1. The Kier molecular flexibility index (Phi) is 3.66. The van der Waals surface area contributed by atoms with Gasteiger partial charge in [0.1, 0.15) is 0 Å². The molecule has 0 fully saturated rings. The highest BCUT2D eigenvalue weighted by Gasteiger charge is 2.17. The summed E-state index contributed by atoms with van der Waals surface area (Å²) in [5, 5.41) is 5.68. The van der Waals surface area contributed by atoms with Crippen molar-refractivity contribution in [3.8, 4) is 5.69 Å². The number of hydrogen-bond donors (Lipinski definition) is 1. The van der Waals surface area contributed by atoms with Crippen LogP contribution >= 0.6 is 23.2 Å². The number of aromatic nitrogens is 2. The Morgan fingerprint density at radius 1 is 1.28 bits per heavy atom. The van der Waals surface area contributed by atoms with Gasteiger partial charge in [-0.1, -0.05) is 23.2 Å². The lowest BCUT2D eigenvalue weighted by atomic mass is 10.1. The summed E-state index contributed by atoms with van der Waals surface area (Å²) in [4.78, 5) is 0. The predicted octanol–water partition coefficient (Wildman–Crippen LogP) is 3.82. The SMILES string of the molecule is Cc1nn(-c2ccc(Cl)cc2Cl)c(C)c1C(C)N. The third kappa shape index (κ3) is 2.26. The summed E-state index contributed by atoms with van der Waals surface area (Å²) in [5.41, 5.74) is 9.76. The van der Waals surface area contributed by atoms with Gasteiger partial charge in [0.05, 0.1) is 16.4 Å². The molecule has 1 aromatic carbocycles. The van der Waals surface area contributed by atoms with Crippen LogP contribution in [0.2, 0.25) is 10.0 Å². The highest BCUT2D eigenvalue weighted by Crippen LogP contribution is 2.28. The number of halogens is 2. The van der Waals surface area contributed by atoms with Crippen molar-refractivity contribution in [1.29, 1.82) is 0 Å². The molecule has 2 N–H and O–H groups in total. The molecule has 0 aliphatic rings. The summed E-state index contributed by atoms with van der Waals surface area (Å²) in [6.07, 6.45) is 0. The van der Waals surface area contributed by atoms with Gasteiger partial charge in [0.15, 0.2) is 0 Å². The van der Waals surface area contributed by atoms with Crippen LogP contribution in [-0.4, -0.2) is 9.78 Å². The van der Waals surface area contributed by atoms with E-state index < -0.39 is 0 Å². The minimum absolute atomic E-state index is 0.0511. The molecule has 18 heavy (non-hydrogen) atoms. The molecule has 0 aliphatic heterocycles. The van der Waals surface area contributed by atoms with Crippen molar-refractivity contribution < 1.29 is 0 Å². The zero-order valence-electron chi connectivity index (χ0n) is 10.5. The largest absolute Gasteiger partial charge is 0.324 e. The summed E-state index contributed by atoms with van der Waals surface area (Å²) in [5.74, 6) is 0. The van der Waals surface area contributed by atoms with Crippen LogP contribution in [0.1, 0.15) is 29.9 Å². The van der Waals surface area contributed by atoms with E-state index in [-0.39, 0.29) is 6.04 Å². The number of hydrogen-bond acceptors (Lipinski definition) is 2. The minimum Gasteiger partial charge on any atom is -0.324 e. The fourth-order valence-electron chi connectivity index (χ4n) is 2.20. The first-order valence-corrected chi connectivity index (χ1v) is 6.44. The molecule has 0 saturated carbocycles. The van der Waals surface area contributed by atoms with E-state index in [0.717, 1.165) is 22.6 Å². The first-order valence-electron chi connectivity index (χ1n) is 5.69. The maximum atomic E-state index is 6.20. The lowest BCUT2D eigenvalue weighted by molar-refractivity contribution is 0.795. The maximum absolute atomic E-state index is 6.20. The first kappa shape index (κ1) is 13.4. The van der Waals surface area contributed by atoms with Gasteiger partial charge < -0.3 is 5.73 Å². The van der Waals surface area contributed by atoms with Crippen LogP contribution in [0.25, 0.3) is 5.69 Å². The smallest absolute Gasteiger partial charge is 0.0836 e. The van der Waals surface area contributed by atoms with E-state index in [9.17, 15) is 0 Å². The molecular weight excluding hydrogens is 269 g/mol. The Hall–Kier alpha value is -1.03. The van der Waals surface area contributed by atoms with Crippen LogP contribution in [0, 0.1) is 13.8 Å². The second-order valence-electron chi connectivity index (χ2n) is 4.38. The molecule has 3 nitrogen and oxygen atoms in total. The van der Waals surface area contributed by atoms with Crippen molar-refractivity contribution in [2.75, 3.05) is 0 Å². The zero-order chi connectivity index (χ0) is 13.4. The Morgan fingerprint density at radius 3 is 2.44 bits per heavy atom. The average molecular weight is 284 g/mol. The van der Waals surface area contributed by atoms with Gasteiger partial charge in [-0.3, -0.25) is 0 Å². The Bertz CT molecular complexity index is 588. The van der Waals surface area contributed by atoms with Gasteiger partial charge in [-0.25, -0.2) is 4.68 Å². The molecule has 0 spiro atoms. The molecule has 2 aromatic rings. The lowest BCUT2D eigenvalue weighted by Gasteiger charge is -2.09. The fraction of sp³-hybridized carbons (Fsp3) is 0.308. The number of nitrogens with two attached hydrogens (primary N) is 1. The van der Waals surface area contributed by atoms with Gasteiger partial charge in [-0.2, -0.15) is 5.10 Å². The third-order valence-corrected chi connectivity index (χ3v) is 3.48. The number of rotatable bonds is 2. The standard InChI is InChI=1S/C13H15Cl2N3/c1-7(16)13-8(2)17-18(9(13)3)12-5-4-10(14)6-11(12)15/h4-7H,16H2,1-3H3.